The van der Waals surface area contributed by atoms with E-state index in [-0.39, 0.29) is 0 Å². The van der Waals surface area contributed by atoms with Crippen molar-refractivity contribution in [1.29, 1.82) is 0 Å². The number of pyridine rings is 2. The maximum Gasteiger partial charge on any atom is 0.224 e. The van der Waals surface area contributed by atoms with Crippen LogP contribution in [-0.2, 0) is 7.05 Å². The third kappa shape index (κ3) is 1.96. The van der Waals surface area contributed by atoms with Crippen LogP contribution in [0.4, 0.5) is 0 Å². The van der Waals surface area contributed by atoms with Gasteiger partial charge in [0.1, 0.15) is 7.05 Å². The maximum absolute atomic E-state index is 2.58. The first-order valence-corrected chi connectivity index (χ1v) is 12.2. The first-order valence-electron chi connectivity index (χ1n) is 12.2. The lowest BCUT2D eigenvalue weighted by Crippen LogP contribution is -2.29. The van der Waals surface area contributed by atoms with Crippen LogP contribution in [0.1, 0.15) is 42.7 Å². The Morgan fingerprint density at radius 1 is 0.875 bits per heavy atom. The molecule has 3 unspecified atom stereocenters. The van der Waals surface area contributed by atoms with Crippen LogP contribution in [0, 0.1) is 18.8 Å². The van der Waals surface area contributed by atoms with Crippen LogP contribution >= 0.6 is 0 Å². The van der Waals surface area contributed by atoms with Gasteiger partial charge < -0.3 is 4.40 Å². The van der Waals surface area contributed by atoms with E-state index in [0.717, 1.165) is 11.8 Å². The number of hydrogen-bond acceptors (Lipinski definition) is 0. The number of para-hydroxylation sites is 1. The van der Waals surface area contributed by atoms with Crippen molar-refractivity contribution >= 4 is 49.0 Å². The predicted molar refractivity (Wildman–Crippen MR) is 133 cm³/mol. The normalized spacial score (nSPS) is 23.1. The smallest absolute Gasteiger partial charge is 0.224 e. The van der Waals surface area contributed by atoms with Gasteiger partial charge in [-0.3, -0.25) is 0 Å². The van der Waals surface area contributed by atoms with Crippen molar-refractivity contribution in [2.45, 2.75) is 38.5 Å². The zero-order valence-corrected chi connectivity index (χ0v) is 18.7. The highest BCUT2D eigenvalue weighted by Crippen LogP contribution is 2.55. The molecule has 6 aromatic rings. The van der Waals surface area contributed by atoms with E-state index >= 15 is 0 Å². The molecular weight excluding hydrogens is 388 g/mol. The molecule has 0 aliphatic heterocycles. The summed E-state index contributed by atoms with van der Waals surface area (Å²) in [6.07, 6.45) is 7.97. The minimum absolute atomic E-state index is 0.716. The number of aromatic nitrogens is 2. The summed E-state index contributed by atoms with van der Waals surface area (Å²) < 4.78 is 4.92. The topological polar surface area (TPSA) is 8.29 Å². The zero-order chi connectivity index (χ0) is 21.1. The lowest BCUT2D eigenvalue weighted by Gasteiger charge is -2.24. The van der Waals surface area contributed by atoms with Gasteiger partial charge in [0.15, 0.2) is 6.20 Å². The Hall–Kier alpha value is -3.13. The molecule has 2 bridgehead atoms. The summed E-state index contributed by atoms with van der Waals surface area (Å²) in [5.41, 5.74) is 8.45. The lowest BCUT2D eigenvalue weighted by molar-refractivity contribution is -0.643. The fourth-order valence-electron chi connectivity index (χ4n) is 7.66. The molecule has 156 valence electrons. The highest BCUT2D eigenvalue weighted by atomic mass is 15.0. The highest BCUT2D eigenvalue weighted by molar-refractivity contribution is 6.28. The largest absolute Gasteiger partial charge is 0.307 e. The summed E-state index contributed by atoms with van der Waals surface area (Å²) in [4.78, 5) is 0. The van der Waals surface area contributed by atoms with Crippen LogP contribution in [0.3, 0.4) is 0 Å². The number of benzene rings is 3. The van der Waals surface area contributed by atoms with Crippen LogP contribution in [-0.4, -0.2) is 4.40 Å². The maximum atomic E-state index is 2.58. The molecule has 2 nitrogen and oxygen atoms in total. The van der Waals surface area contributed by atoms with Gasteiger partial charge in [-0.25, -0.2) is 4.57 Å². The Morgan fingerprint density at radius 3 is 2.59 bits per heavy atom. The molecule has 0 saturated heterocycles. The first kappa shape index (κ1) is 17.4. The zero-order valence-electron chi connectivity index (χ0n) is 18.7. The van der Waals surface area contributed by atoms with Crippen molar-refractivity contribution in [3.8, 4) is 0 Å². The number of hydrogen-bond donors (Lipinski definition) is 0. The van der Waals surface area contributed by atoms with Crippen LogP contribution in [0.25, 0.3) is 49.0 Å². The monoisotopic (exact) mass is 415 g/mol. The molecular formula is C30H27N2+. The predicted octanol–water partition coefficient (Wildman–Crippen LogP) is 7.03. The Balaban J connectivity index is 1.70. The molecule has 0 radical (unpaired) electrons. The van der Waals surface area contributed by atoms with Crippen molar-refractivity contribution in [1.82, 2.24) is 4.40 Å². The summed E-state index contributed by atoms with van der Waals surface area (Å²) in [5, 5.41) is 7.15. The second kappa shape index (κ2) is 5.81. The van der Waals surface area contributed by atoms with E-state index in [1.54, 1.807) is 5.56 Å². The van der Waals surface area contributed by atoms with Crippen molar-refractivity contribution < 1.29 is 4.57 Å². The van der Waals surface area contributed by atoms with Crippen molar-refractivity contribution in [2.75, 3.05) is 0 Å². The first-order chi connectivity index (χ1) is 15.7. The van der Waals surface area contributed by atoms with Gasteiger partial charge in [-0.1, -0.05) is 36.8 Å². The number of aryl methyl sites for hydroxylation is 2. The Morgan fingerprint density at radius 2 is 1.75 bits per heavy atom. The van der Waals surface area contributed by atoms with Crippen LogP contribution < -0.4 is 4.57 Å². The van der Waals surface area contributed by atoms with Gasteiger partial charge in [-0.15, -0.1) is 0 Å². The molecule has 2 aliphatic rings. The van der Waals surface area contributed by atoms with Gasteiger partial charge in [0.2, 0.25) is 5.52 Å². The lowest BCUT2D eigenvalue weighted by atomic mass is 9.80. The van der Waals surface area contributed by atoms with Crippen molar-refractivity contribution in [3.05, 3.63) is 71.9 Å². The Kier molecular flexibility index (Phi) is 3.16. The van der Waals surface area contributed by atoms with Gasteiger partial charge in [0.25, 0.3) is 0 Å². The van der Waals surface area contributed by atoms with Gasteiger partial charge >= 0.3 is 0 Å². The quantitative estimate of drug-likeness (QED) is 0.155. The third-order valence-electron chi connectivity index (χ3n) is 8.93. The molecule has 0 spiro atoms. The van der Waals surface area contributed by atoms with Crippen molar-refractivity contribution in [3.63, 3.8) is 0 Å². The minimum Gasteiger partial charge on any atom is -0.307 e. The molecule has 3 heterocycles. The van der Waals surface area contributed by atoms with E-state index in [9.17, 15) is 0 Å². The van der Waals surface area contributed by atoms with E-state index < -0.39 is 0 Å². The number of rotatable bonds is 1. The second-order valence-electron chi connectivity index (χ2n) is 10.5. The number of fused-ring (bicyclic) bond motifs is 8. The van der Waals surface area contributed by atoms with Crippen molar-refractivity contribution in [2.24, 2.45) is 18.9 Å². The van der Waals surface area contributed by atoms with Gasteiger partial charge in [0.05, 0.1) is 27.3 Å². The average molecular weight is 416 g/mol. The molecule has 32 heavy (non-hydrogen) atoms. The Labute approximate surface area is 187 Å². The molecule has 2 aliphatic carbocycles. The standard InChI is InChI=1S/C30H27N2/c1-17-6-5-9-25-26(17)29-27-20(12-13-31(29)2)16-23(22-15-18-10-11-19(22)14-18)28-21-7-3-4-8-24(21)32(25)30(27)28/h3-9,12-13,16,18-19,22H,10-11,14-15H2,1-2H3/q+1. The summed E-state index contributed by atoms with van der Waals surface area (Å²) in [5.74, 6) is 2.54. The van der Waals surface area contributed by atoms with Gasteiger partial charge in [-0.05, 0) is 78.7 Å². The van der Waals surface area contributed by atoms with Gasteiger partial charge in [0, 0.05) is 16.8 Å². The number of nitrogens with zero attached hydrogens (tertiary/aromatic N) is 2. The molecule has 3 aromatic carbocycles. The minimum atomic E-state index is 0.716. The van der Waals surface area contributed by atoms with E-state index in [1.807, 2.05) is 0 Å². The van der Waals surface area contributed by atoms with Crippen LogP contribution in [0.5, 0.6) is 0 Å². The summed E-state index contributed by atoms with van der Waals surface area (Å²) in [6.45, 7) is 2.26. The molecule has 2 fully saturated rings. The Bertz CT molecular complexity index is 1720. The van der Waals surface area contributed by atoms with Crippen LogP contribution in [0.15, 0.2) is 60.8 Å². The summed E-state index contributed by atoms with van der Waals surface area (Å²) >= 11 is 0. The fraction of sp³-hybridized carbons (Fsp3) is 0.300. The molecule has 2 heteroatoms. The molecule has 0 amide bonds. The molecule has 0 N–H and O–H groups in total. The third-order valence-corrected chi connectivity index (χ3v) is 8.93. The average Bonchev–Trinajstić information content (AvgIpc) is 3.53. The fourth-order valence-corrected chi connectivity index (χ4v) is 7.66. The van der Waals surface area contributed by atoms with E-state index in [0.29, 0.717) is 5.92 Å². The second-order valence-corrected chi connectivity index (χ2v) is 10.5. The summed E-state index contributed by atoms with van der Waals surface area (Å²) in [7, 11) is 2.21. The highest BCUT2D eigenvalue weighted by Gasteiger charge is 2.41. The van der Waals surface area contributed by atoms with E-state index in [2.05, 4.69) is 83.7 Å². The molecule has 3 aromatic heterocycles. The molecule has 3 atom stereocenters. The SMILES string of the molecule is Cc1cccc2c1c1c3c(cc[n+]1C)cc(C1CC4CCC1C4)c1c4ccccc4n2c13. The summed E-state index contributed by atoms with van der Waals surface area (Å²) in [6, 6.07) is 20.8. The van der Waals surface area contributed by atoms with Crippen LogP contribution in [0.2, 0.25) is 0 Å². The van der Waals surface area contributed by atoms with Gasteiger partial charge in [-0.2, -0.15) is 0 Å². The molecule has 8 rings (SSSR count). The van der Waals surface area contributed by atoms with E-state index in [4.69, 9.17) is 0 Å². The van der Waals surface area contributed by atoms with E-state index in [1.165, 1.54) is 80.2 Å². The molecule has 2 saturated carbocycles.